The highest BCUT2D eigenvalue weighted by Crippen LogP contribution is 2.33. The van der Waals surface area contributed by atoms with Crippen molar-refractivity contribution in [1.29, 1.82) is 0 Å². The summed E-state index contributed by atoms with van der Waals surface area (Å²) < 4.78 is 11.0. The van der Waals surface area contributed by atoms with E-state index in [0.29, 0.717) is 12.1 Å². The summed E-state index contributed by atoms with van der Waals surface area (Å²) >= 11 is 0. The van der Waals surface area contributed by atoms with Gasteiger partial charge in [0.05, 0.1) is 0 Å². The highest BCUT2D eigenvalue weighted by Gasteiger charge is 2.36. The van der Waals surface area contributed by atoms with E-state index in [1.807, 2.05) is 51.3 Å². The van der Waals surface area contributed by atoms with Gasteiger partial charge in [0.1, 0.15) is 11.2 Å². The molecule has 14 heteroatoms. The molecule has 3 saturated heterocycles. The molecule has 3 atom stereocenters. The van der Waals surface area contributed by atoms with Crippen molar-refractivity contribution in [3.63, 3.8) is 0 Å². The average molecular weight is 1090 g/mol. The van der Waals surface area contributed by atoms with Gasteiger partial charge in [-0.15, -0.1) is 12.4 Å². The fourth-order valence-electron chi connectivity index (χ4n) is 12.8. The molecule has 3 unspecified atom stereocenters. The van der Waals surface area contributed by atoms with Crippen molar-refractivity contribution in [2.45, 2.75) is 243 Å². The largest absolute Gasteiger partial charge is 0.444 e. The van der Waals surface area contributed by atoms with Crippen LogP contribution in [0.2, 0.25) is 0 Å². The van der Waals surface area contributed by atoms with Crippen LogP contribution in [-0.4, -0.2) is 200 Å². The Labute approximate surface area is 472 Å². The minimum Gasteiger partial charge on any atom is -0.444 e. The summed E-state index contributed by atoms with van der Waals surface area (Å²) in [6.45, 7) is 40.7. The standard InChI is InChI=1S/C23H45N3O2.C18H37N3.C17H33N3O2.3CH4.ClH/c1-6-13-24(14-7-2)19-21(20-11-9-8-10-12-20)25-15-17-26(18-16-25)22(27)28-23(3,4)5;1-3-12-20(13-4-2)16-18(17-8-6-5-7-9-17)21-14-10-19-11-15-21;1-17(2,3)22-16(21)20-11-9-19(10-12-20)15(13-18)14-7-5-4-6-8-14;;;;/h20-21H,6-19H2,1-5H3;17-19H,3-16H2,1-2H3;14-15H,4-13,18H2,1-3H3;3*1H4;1H. The molecule has 75 heavy (non-hydrogen) atoms. The molecule has 6 aliphatic rings. The van der Waals surface area contributed by atoms with Gasteiger partial charge in [-0.05, 0) is 150 Å². The maximum atomic E-state index is 12.4. The third kappa shape index (κ3) is 27.5. The monoisotopic (exact) mass is 1090 g/mol. The van der Waals surface area contributed by atoms with Crippen LogP contribution in [0.1, 0.15) is 214 Å². The van der Waals surface area contributed by atoms with Crippen molar-refractivity contribution in [2.24, 2.45) is 23.5 Å². The minimum absolute atomic E-state index is 0. The molecule has 0 radical (unpaired) electrons. The fraction of sp³-hybridized carbons (Fsp3) is 0.967. The molecule has 3 aliphatic heterocycles. The number of piperazine rings is 3. The second kappa shape index (κ2) is 39.8. The van der Waals surface area contributed by atoms with Gasteiger partial charge in [-0.25, -0.2) is 9.59 Å². The van der Waals surface area contributed by atoms with Crippen LogP contribution < -0.4 is 11.1 Å². The van der Waals surface area contributed by atoms with Crippen molar-refractivity contribution in [2.75, 3.05) is 124 Å². The summed E-state index contributed by atoms with van der Waals surface area (Å²) in [6.07, 6.45) is 25.7. The molecule has 0 spiro atoms. The second-order valence-electron chi connectivity index (χ2n) is 24.5. The highest BCUT2D eigenvalue weighted by atomic mass is 35.5. The lowest BCUT2D eigenvalue weighted by atomic mass is 9.82. The molecule has 6 rings (SSSR count). The molecule has 3 heterocycles. The number of carbonyl (C=O) groups excluding carboxylic acids is 2. The van der Waals surface area contributed by atoms with E-state index in [-0.39, 0.29) is 46.9 Å². The second-order valence-corrected chi connectivity index (χ2v) is 24.5. The van der Waals surface area contributed by atoms with Crippen LogP contribution in [0.4, 0.5) is 9.59 Å². The number of nitrogens with two attached hydrogens (primary N) is 1. The summed E-state index contributed by atoms with van der Waals surface area (Å²) in [5.74, 6) is 2.51. The number of halogens is 1. The maximum Gasteiger partial charge on any atom is 0.410 e. The Balaban J connectivity index is 0.00000108. The Morgan fingerprint density at radius 2 is 0.760 bits per heavy atom. The van der Waals surface area contributed by atoms with Crippen LogP contribution in [-0.2, 0) is 9.47 Å². The topological polar surface area (TPSA) is 113 Å². The van der Waals surface area contributed by atoms with Gasteiger partial charge in [-0.3, -0.25) is 14.7 Å². The van der Waals surface area contributed by atoms with Crippen molar-refractivity contribution in [3.05, 3.63) is 0 Å². The molecule has 0 aromatic heterocycles. The number of ether oxygens (including phenoxy) is 2. The van der Waals surface area contributed by atoms with Crippen molar-refractivity contribution in [1.82, 2.24) is 39.6 Å². The van der Waals surface area contributed by atoms with E-state index in [0.717, 1.165) is 82.7 Å². The van der Waals surface area contributed by atoms with Gasteiger partial charge < -0.3 is 40.1 Å². The normalized spacial score (nSPS) is 21.3. The number of rotatable bonds is 19. The van der Waals surface area contributed by atoms with Crippen LogP contribution in [0.3, 0.4) is 0 Å². The predicted molar refractivity (Wildman–Crippen MR) is 325 cm³/mol. The zero-order valence-electron chi connectivity index (χ0n) is 48.6. The van der Waals surface area contributed by atoms with Crippen LogP contribution in [0, 0.1) is 17.8 Å². The summed E-state index contributed by atoms with van der Waals surface area (Å²) in [5.41, 5.74) is 5.23. The smallest absolute Gasteiger partial charge is 0.410 e. The van der Waals surface area contributed by atoms with Crippen molar-refractivity contribution in [3.8, 4) is 0 Å². The Morgan fingerprint density at radius 1 is 0.480 bits per heavy atom. The lowest BCUT2D eigenvalue weighted by Crippen LogP contribution is -2.57. The first-order chi connectivity index (χ1) is 34.1. The van der Waals surface area contributed by atoms with Crippen LogP contribution >= 0.6 is 12.4 Å². The van der Waals surface area contributed by atoms with Gasteiger partial charge in [-0.2, -0.15) is 0 Å². The van der Waals surface area contributed by atoms with E-state index in [9.17, 15) is 9.59 Å². The van der Waals surface area contributed by atoms with E-state index in [2.05, 4.69) is 57.5 Å². The van der Waals surface area contributed by atoms with Gasteiger partial charge in [0.25, 0.3) is 0 Å². The highest BCUT2D eigenvalue weighted by molar-refractivity contribution is 5.85. The molecule has 3 N–H and O–H groups in total. The first kappa shape index (κ1) is 73.5. The summed E-state index contributed by atoms with van der Waals surface area (Å²) in [6, 6.07) is 1.94. The molecular formula is C61H128ClN9O4. The Bertz CT molecular complexity index is 1370. The molecule has 0 aromatic carbocycles. The quantitative estimate of drug-likeness (QED) is 0.129. The van der Waals surface area contributed by atoms with Crippen LogP contribution in [0.15, 0.2) is 0 Å². The lowest BCUT2D eigenvalue weighted by molar-refractivity contribution is 0.000233. The number of nitrogens with zero attached hydrogens (tertiary/aromatic N) is 7. The molecule has 13 nitrogen and oxygen atoms in total. The Morgan fingerprint density at radius 3 is 1.04 bits per heavy atom. The van der Waals surface area contributed by atoms with Gasteiger partial charge in [0.2, 0.25) is 0 Å². The Hall–Kier alpha value is -1.45. The number of hydrogen-bond donors (Lipinski definition) is 2. The molecule has 3 saturated carbocycles. The number of hydrogen-bond acceptors (Lipinski definition) is 11. The van der Waals surface area contributed by atoms with E-state index >= 15 is 0 Å². The third-order valence-electron chi connectivity index (χ3n) is 16.4. The zero-order chi connectivity index (χ0) is 51.7. The van der Waals surface area contributed by atoms with Gasteiger partial charge in [0, 0.05) is 116 Å². The zero-order valence-corrected chi connectivity index (χ0v) is 49.4. The number of carbonyl (C=O) groups is 2. The average Bonchev–Trinajstić information content (AvgIpc) is 3.36. The predicted octanol–water partition coefficient (Wildman–Crippen LogP) is 12.3. The molecule has 3 aliphatic carbocycles. The number of amides is 2. The third-order valence-corrected chi connectivity index (χ3v) is 16.4. The van der Waals surface area contributed by atoms with E-state index < -0.39 is 11.2 Å². The van der Waals surface area contributed by atoms with E-state index in [1.54, 1.807) is 0 Å². The van der Waals surface area contributed by atoms with Crippen LogP contribution in [0.5, 0.6) is 0 Å². The van der Waals surface area contributed by atoms with E-state index in [4.69, 9.17) is 15.2 Å². The molecule has 0 bridgehead atoms. The SMILES string of the molecule is C.C.C.CC(C)(C)OC(=O)N1CCN(C(CN)C2CCCCC2)CC1.CCCN(CCC)CC(C1CCCCC1)N1CCN(C(=O)OC(C)(C)C)CC1.CCCN(CCC)CC(C1CCCCC1)N1CCNCC1.Cl. The van der Waals surface area contributed by atoms with E-state index in [1.165, 1.54) is 187 Å². The fourth-order valence-corrected chi connectivity index (χ4v) is 12.8. The van der Waals surface area contributed by atoms with Gasteiger partial charge in [0.15, 0.2) is 0 Å². The van der Waals surface area contributed by atoms with Gasteiger partial charge >= 0.3 is 12.2 Å². The first-order valence-corrected chi connectivity index (χ1v) is 30.1. The van der Waals surface area contributed by atoms with Crippen molar-refractivity contribution >= 4 is 24.6 Å². The first-order valence-electron chi connectivity index (χ1n) is 30.1. The maximum absolute atomic E-state index is 12.4. The minimum atomic E-state index is -0.421. The van der Waals surface area contributed by atoms with Gasteiger partial charge in [-0.1, -0.05) is 108 Å². The summed E-state index contributed by atoms with van der Waals surface area (Å²) in [4.78, 5) is 41.7. The molecule has 6 fully saturated rings. The van der Waals surface area contributed by atoms with Crippen LogP contribution in [0.25, 0.3) is 0 Å². The number of nitrogens with one attached hydrogen (secondary N) is 1. The molecule has 2 amide bonds. The summed E-state index contributed by atoms with van der Waals surface area (Å²) in [5, 5.41) is 3.52. The molecule has 0 aromatic rings. The lowest BCUT2D eigenvalue weighted by Gasteiger charge is -2.45. The Kier molecular flexibility index (Phi) is 39.1. The van der Waals surface area contributed by atoms with Crippen molar-refractivity contribution < 1.29 is 19.1 Å². The molecular weight excluding hydrogens is 958 g/mol. The summed E-state index contributed by atoms with van der Waals surface area (Å²) in [7, 11) is 0. The molecule has 448 valence electrons.